The van der Waals surface area contributed by atoms with Crippen molar-refractivity contribution in [3.8, 4) is 6.07 Å². The second kappa shape index (κ2) is 10.3. The van der Waals surface area contributed by atoms with Gasteiger partial charge in [-0.15, -0.1) is 12.6 Å². The molecule has 0 radical (unpaired) electrons. The Morgan fingerprint density at radius 1 is 1.18 bits per heavy atom. The van der Waals surface area contributed by atoms with Crippen LogP contribution in [0.4, 0.5) is 28.9 Å². The van der Waals surface area contributed by atoms with Crippen molar-refractivity contribution in [1.29, 1.82) is 5.26 Å². The van der Waals surface area contributed by atoms with Crippen molar-refractivity contribution < 1.29 is 27.2 Å². The fourth-order valence-corrected chi connectivity index (χ4v) is 5.69. The van der Waals surface area contributed by atoms with Crippen molar-refractivity contribution in [3.63, 3.8) is 0 Å². The summed E-state index contributed by atoms with van der Waals surface area (Å²) in [5, 5.41) is 12.2. The summed E-state index contributed by atoms with van der Waals surface area (Å²) < 4.78 is 56.0. The van der Waals surface area contributed by atoms with Gasteiger partial charge in [0.05, 0.1) is 23.0 Å². The van der Waals surface area contributed by atoms with E-state index < -0.39 is 46.1 Å². The fraction of sp³-hybridized carbons (Fsp3) is 0.259. The number of aromatic nitrogens is 1. The molecule has 1 aliphatic carbocycles. The van der Waals surface area contributed by atoms with E-state index in [4.69, 9.17) is 16.9 Å². The molecule has 13 heteroatoms. The Morgan fingerprint density at radius 3 is 2.45 bits per heavy atom. The van der Waals surface area contributed by atoms with Gasteiger partial charge in [-0.1, -0.05) is 23.7 Å². The molecule has 1 saturated carbocycles. The number of nitrogens with zero attached hydrogens (tertiary/aromatic N) is 4. The highest BCUT2D eigenvalue weighted by Crippen LogP contribution is 2.50. The number of pyridine rings is 1. The Labute approximate surface area is 236 Å². The highest BCUT2D eigenvalue weighted by atomic mass is 35.5. The van der Waals surface area contributed by atoms with E-state index in [1.54, 1.807) is 29.2 Å². The van der Waals surface area contributed by atoms with Crippen molar-refractivity contribution in [2.24, 2.45) is 0 Å². The molecule has 3 aromatic rings. The molecule has 40 heavy (non-hydrogen) atoms. The van der Waals surface area contributed by atoms with Crippen LogP contribution in [-0.2, 0) is 17.5 Å². The first-order valence-corrected chi connectivity index (χ1v) is 13.0. The smallest absolute Gasteiger partial charge is 0.348 e. The molecule has 2 heterocycles. The summed E-state index contributed by atoms with van der Waals surface area (Å²) in [5.74, 6) is -2.00. The minimum atomic E-state index is -4.87. The van der Waals surface area contributed by atoms with Gasteiger partial charge in [0.25, 0.3) is 11.8 Å². The molecule has 1 saturated heterocycles. The topological polar surface area (TPSA) is 89.3 Å². The molecule has 2 aromatic carbocycles. The van der Waals surface area contributed by atoms with E-state index in [1.165, 1.54) is 18.2 Å². The predicted molar refractivity (Wildman–Crippen MR) is 142 cm³/mol. The Morgan fingerprint density at radius 2 is 1.88 bits per heavy atom. The van der Waals surface area contributed by atoms with Crippen molar-refractivity contribution in [2.45, 2.75) is 43.0 Å². The minimum absolute atomic E-state index is 0.146. The third-order valence-corrected chi connectivity index (χ3v) is 7.84. The maximum absolute atomic E-state index is 15.2. The molecule has 1 N–H and O–H groups in total. The molecule has 0 bridgehead atoms. The number of hydrogen-bond donors (Lipinski definition) is 2. The minimum Gasteiger partial charge on any atom is -0.348 e. The van der Waals surface area contributed by atoms with Crippen LogP contribution < -0.4 is 15.1 Å². The first kappa shape index (κ1) is 27.7. The lowest BCUT2D eigenvalue weighted by Gasteiger charge is -2.44. The molecular weight excluding hydrogens is 570 g/mol. The van der Waals surface area contributed by atoms with Crippen molar-refractivity contribution in [1.82, 2.24) is 10.3 Å². The zero-order valence-electron chi connectivity index (χ0n) is 20.5. The van der Waals surface area contributed by atoms with Crippen LogP contribution in [0.2, 0.25) is 5.02 Å². The average Bonchev–Trinajstić information content (AvgIpc) is 3.13. The second-order valence-electron chi connectivity index (χ2n) is 9.45. The van der Waals surface area contributed by atoms with E-state index >= 15 is 4.39 Å². The van der Waals surface area contributed by atoms with Crippen LogP contribution in [0.25, 0.3) is 0 Å². The SMILES string of the molecule is N#Cc1ncc(N2C(=O)C3(CCC3)N(c3ccc(C(=O)NCc4ccc(Cl)cc4)c(F)c3)C2S)cc1C(F)(F)F. The quantitative estimate of drug-likeness (QED) is 0.295. The first-order chi connectivity index (χ1) is 19.0. The van der Waals surface area contributed by atoms with Crippen LogP contribution in [0.15, 0.2) is 54.7 Å². The third-order valence-electron chi connectivity index (χ3n) is 7.13. The van der Waals surface area contributed by atoms with Gasteiger partial charge in [0, 0.05) is 17.3 Å². The third kappa shape index (κ3) is 4.73. The standard InChI is InChI=1S/C27H20ClF4N5O2S/c28-16-4-2-15(3-5-16)13-35-23(38)19-7-6-17(11-21(19)29)37-25(40)36(24(39)26(37)8-1-9-26)18-10-20(27(30,31)32)22(12-33)34-14-18/h2-7,10-11,14,25,40H,1,8-9,13H2,(H,35,38). The maximum atomic E-state index is 15.2. The Hall–Kier alpha value is -3.82. The van der Waals surface area contributed by atoms with E-state index in [2.05, 4.69) is 22.9 Å². The molecule has 1 aromatic heterocycles. The summed E-state index contributed by atoms with van der Waals surface area (Å²) in [5.41, 5.74) is -3.76. The molecule has 5 rings (SSSR count). The van der Waals surface area contributed by atoms with Gasteiger partial charge in [0.2, 0.25) is 0 Å². The Balaban J connectivity index is 1.43. The van der Waals surface area contributed by atoms with Crippen molar-refractivity contribution >= 4 is 47.4 Å². The molecular formula is C27H20ClF4N5O2S. The van der Waals surface area contributed by atoms with Gasteiger partial charge in [-0.05, 0) is 61.2 Å². The summed E-state index contributed by atoms with van der Waals surface area (Å²) in [6.45, 7) is 0.146. The maximum Gasteiger partial charge on any atom is 0.419 e. The number of rotatable bonds is 5. The molecule has 1 aliphatic heterocycles. The molecule has 7 nitrogen and oxygen atoms in total. The molecule has 2 fully saturated rings. The van der Waals surface area contributed by atoms with Gasteiger partial charge < -0.3 is 10.2 Å². The van der Waals surface area contributed by atoms with Gasteiger partial charge in [0.15, 0.2) is 11.2 Å². The number of benzene rings is 2. The van der Waals surface area contributed by atoms with Gasteiger partial charge in [0.1, 0.15) is 17.4 Å². The lowest BCUT2D eigenvalue weighted by molar-refractivity contribution is -0.138. The lowest BCUT2D eigenvalue weighted by Crippen LogP contribution is -2.55. The van der Waals surface area contributed by atoms with Crippen LogP contribution in [0.5, 0.6) is 0 Å². The van der Waals surface area contributed by atoms with E-state index in [-0.39, 0.29) is 23.5 Å². The molecule has 1 spiro atoms. The number of carbonyl (C=O) groups excluding carboxylic acids is 2. The van der Waals surface area contributed by atoms with Crippen LogP contribution >= 0.6 is 24.2 Å². The van der Waals surface area contributed by atoms with Crippen molar-refractivity contribution in [3.05, 3.63) is 88.0 Å². The normalized spacial score (nSPS) is 18.0. The highest BCUT2D eigenvalue weighted by molar-refractivity contribution is 7.81. The van der Waals surface area contributed by atoms with E-state index in [0.29, 0.717) is 30.4 Å². The number of nitrogens with one attached hydrogen (secondary N) is 1. The number of thiol groups is 1. The number of anilines is 2. The number of hydrogen-bond acceptors (Lipinski definition) is 6. The van der Waals surface area contributed by atoms with E-state index in [1.807, 2.05) is 0 Å². The summed E-state index contributed by atoms with van der Waals surface area (Å²) in [6.07, 6.45) is -2.44. The first-order valence-electron chi connectivity index (χ1n) is 12.1. The molecule has 206 valence electrons. The van der Waals surface area contributed by atoms with Crippen LogP contribution in [0.3, 0.4) is 0 Å². The molecule has 1 atom stereocenters. The van der Waals surface area contributed by atoms with Crippen LogP contribution in [0, 0.1) is 17.1 Å². The Bertz CT molecular complexity index is 1540. The largest absolute Gasteiger partial charge is 0.419 e. The highest BCUT2D eigenvalue weighted by Gasteiger charge is 2.60. The lowest BCUT2D eigenvalue weighted by atomic mass is 9.75. The van der Waals surface area contributed by atoms with E-state index in [9.17, 15) is 22.8 Å². The summed E-state index contributed by atoms with van der Waals surface area (Å²) in [7, 11) is 0. The van der Waals surface area contributed by atoms with Gasteiger partial charge in [-0.25, -0.2) is 9.37 Å². The molecule has 1 unspecified atom stereocenters. The summed E-state index contributed by atoms with van der Waals surface area (Å²) >= 11 is 10.4. The van der Waals surface area contributed by atoms with Gasteiger partial charge in [-0.3, -0.25) is 14.5 Å². The number of carbonyl (C=O) groups is 2. The number of amides is 2. The fourth-order valence-electron chi connectivity index (χ4n) is 4.97. The zero-order chi connectivity index (χ0) is 28.8. The van der Waals surface area contributed by atoms with Crippen molar-refractivity contribution in [2.75, 3.05) is 9.80 Å². The zero-order valence-corrected chi connectivity index (χ0v) is 22.2. The number of nitriles is 1. The predicted octanol–water partition coefficient (Wildman–Crippen LogP) is 5.68. The van der Waals surface area contributed by atoms with Gasteiger partial charge >= 0.3 is 6.18 Å². The summed E-state index contributed by atoms with van der Waals surface area (Å²) in [6, 6.07) is 12.8. The Kier molecular flexibility index (Phi) is 7.14. The number of halogens is 5. The number of alkyl halides is 3. The average molecular weight is 590 g/mol. The van der Waals surface area contributed by atoms with Gasteiger partial charge in [-0.2, -0.15) is 18.4 Å². The summed E-state index contributed by atoms with van der Waals surface area (Å²) in [4.78, 5) is 32.5. The monoisotopic (exact) mass is 589 g/mol. The molecule has 2 amide bonds. The van der Waals surface area contributed by atoms with Crippen LogP contribution in [-0.4, -0.2) is 27.8 Å². The second-order valence-corrected chi connectivity index (χ2v) is 10.3. The molecule has 2 aliphatic rings. The van der Waals surface area contributed by atoms with Crippen LogP contribution in [0.1, 0.15) is 46.4 Å². The van der Waals surface area contributed by atoms with E-state index in [0.717, 1.165) is 22.7 Å².